The lowest BCUT2D eigenvalue weighted by atomic mass is 9.87. The van der Waals surface area contributed by atoms with E-state index in [-0.39, 0.29) is 0 Å². The molecule has 0 N–H and O–H groups in total. The Morgan fingerprint density at radius 1 is 1.25 bits per heavy atom. The fourth-order valence-corrected chi connectivity index (χ4v) is 1.81. The summed E-state index contributed by atoms with van der Waals surface area (Å²) in [5, 5.41) is 0. The molecule has 1 aliphatic carbocycles. The molecule has 1 radical (unpaired) electrons. The van der Waals surface area contributed by atoms with Crippen LogP contribution in [0.3, 0.4) is 0 Å². The predicted octanol–water partition coefficient (Wildman–Crippen LogP) is 2.94. The van der Waals surface area contributed by atoms with Crippen LogP contribution in [0, 0.1) is 6.42 Å². The first kappa shape index (κ1) is 7.78. The zero-order chi connectivity index (χ0) is 8.23. The maximum atomic E-state index is 4.37. The molecule has 1 atom stereocenters. The van der Waals surface area contributed by atoms with Crippen molar-refractivity contribution in [1.29, 1.82) is 0 Å². The van der Waals surface area contributed by atoms with Crippen molar-refractivity contribution in [2.24, 2.45) is 0 Å². The zero-order valence-electron chi connectivity index (χ0n) is 7.24. The van der Waals surface area contributed by atoms with Crippen molar-refractivity contribution in [3.63, 3.8) is 0 Å². The summed E-state index contributed by atoms with van der Waals surface area (Å²) >= 11 is 0. The second-order valence-corrected chi connectivity index (χ2v) is 3.38. The van der Waals surface area contributed by atoms with Gasteiger partial charge in [-0.1, -0.05) is 18.9 Å². The maximum Gasteiger partial charge on any atom is 0.0437 e. The largest absolute Gasteiger partial charge is 0.261 e. The summed E-state index contributed by atoms with van der Waals surface area (Å²) < 4.78 is 0. The molecule has 0 bridgehead atoms. The molecule has 1 aromatic heterocycles. The molecule has 0 saturated heterocycles. The van der Waals surface area contributed by atoms with Crippen LogP contribution in [0.1, 0.15) is 37.3 Å². The van der Waals surface area contributed by atoms with Gasteiger partial charge in [-0.2, -0.15) is 0 Å². The van der Waals surface area contributed by atoms with Gasteiger partial charge in [0.2, 0.25) is 0 Å². The van der Waals surface area contributed by atoms with E-state index in [1.54, 1.807) is 0 Å². The molecule has 1 aliphatic rings. The Morgan fingerprint density at radius 3 is 2.92 bits per heavy atom. The average Bonchev–Trinajstić information content (AvgIpc) is 2.21. The molecule has 0 aromatic carbocycles. The number of nitrogens with zero attached hydrogens (tertiary/aromatic N) is 1. The summed E-state index contributed by atoms with van der Waals surface area (Å²) in [4.78, 5) is 4.37. The molecule has 1 aromatic rings. The lowest BCUT2D eigenvalue weighted by Gasteiger charge is -2.20. The Kier molecular flexibility index (Phi) is 2.40. The molecule has 1 heterocycles. The first-order valence-electron chi connectivity index (χ1n) is 4.71. The Hall–Kier alpha value is -0.850. The molecule has 12 heavy (non-hydrogen) atoms. The van der Waals surface area contributed by atoms with Crippen LogP contribution in [0.4, 0.5) is 0 Å². The zero-order valence-corrected chi connectivity index (χ0v) is 7.24. The Morgan fingerprint density at radius 2 is 2.25 bits per heavy atom. The summed E-state index contributed by atoms with van der Waals surface area (Å²) in [5.74, 6) is 0.625. The fourth-order valence-electron chi connectivity index (χ4n) is 1.81. The second kappa shape index (κ2) is 3.70. The van der Waals surface area contributed by atoms with Crippen LogP contribution in [0.15, 0.2) is 24.4 Å². The van der Waals surface area contributed by atoms with Gasteiger partial charge in [-0.05, 0) is 31.4 Å². The monoisotopic (exact) mass is 160 g/mol. The molecule has 0 unspecified atom stereocenters. The van der Waals surface area contributed by atoms with Gasteiger partial charge in [-0.15, -0.1) is 0 Å². The fraction of sp³-hybridized carbons (Fsp3) is 0.455. The quantitative estimate of drug-likeness (QED) is 0.615. The lowest BCUT2D eigenvalue weighted by molar-refractivity contribution is 0.526. The normalized spacial score (nSPS) is 19.3. The highest BCUT2D eigenvalue weighted by Crippen LogP contribution is 2.29. The van der Waals surface area contributed by atoms with Gasteiger partial charge < -0.3 is 0 Å². The summed E-state index contributed by atoms with van der Waals surface area (Å²) in [6.07, 6.45) is 9.57. The minimum absolute atomic E-state index is 0.625. The summed E-state index contributed by atoms with van der Waals surface area (Å²) in [6.45, 7) is 0. The van der Waals surface area contributed by atoms with E-state index in [1.165, 1.54) is 31.4 Å². The van der Waals surface area contributed by atoms with E-state index in [1.807, 2.05) is 12.3 Å². The Labute approximate surface area is 73.8 Å². The van der Waals surface area contributed by atoms with Crippen LogP contribution in [-0.2, 0) is 0 Å². The summed E-state index contributed by atoms with van der Waals surface area (Å²) in [7, 11) is 0. The topological polar surface area (TPSA) is 12.9 Å². The SMILES string of the molecule is [CH]1CCCC[C@@H]1c1ccccn1. The molecule has 0 amide bonds. The van der Waals surface area contributed by atoms with Crippen molar-refractivity contribution in [3.8, 4) is 0 Å². The number of hydrogen-bond donors (Lipinski definition) is 0. The van der Waals surface area contributed by atoms with Gasteiger partial charge in [0.15, 0.2) is 0 Å². The number of hydrogen-bond acceptors (Lipinski definition) is 1. The molecule has 0 aliphatic heterocycles. The van der Waals surface area contributed by atoms with E-state index in [4.69, 9.17) is 0 Å². The van der Waals surface area contributed by atoms with E-state index in [9.17, 15) is 0 Å². The second-order valence-electron chi connectivity index (χ2n) is 3.38. The van der Waals surface area contributed by atoms with Crippen molar-refractivity contribution in [3.05, 3.63) is 36.5 Å². The molecular formula is C11H14N. The first-order valence-corrected chi connectivity index (χ1v) is 4.71. The predicted molar refractivity (Wildman–Crippen MR) is 49.7 cm³/mol. The highest BCUT2D eigenvalue weighted by Gasteiger charge is 2.15. The van der Waals surface area contributed by atoms with Crippen molar-refractivity contribution in [2.75, 3.05) is 0 Å². The van der Waals surface area contributed by atoms with Gasteiger partial charge in [0, 0.05) is 17.8 Å². The van der Waals surface area contributed by atoms with Gasteiger partial charge in [-0.25, -0.2) is 0 Å². The van der Waals surface area contributed by atoms with Crippen molar-refractivity contribution in [2.45, 2.75) is 31.6 Å². The third-order valence-electron chi connectivity index (χ3n) is 2.49. The number of aromatic nitrogens is 1. The summed E-state index contributed by atoms with van der Waals surface area (Å²) in [6, 6.07) is 6.18. The minimum Gasteiger partial charge on any atom is -0.261 e. The van der Waals surface area contributed by atoms with E-state index in [0.29, 0.717) is 5.92 Å². The molecular weight excluding hydrogens is 146 g/mol. The van der Waals surface area contributed by atoms with Crippen molar-refractivity contribution < 1.29 is 0 Å². The Bertz CT molecular complexity index is 224. The van der Waals surface area contributed by atoms with Crippen LogP contribution < -0.4 is 0 Å². The molecule has 1 heteroatoms. The highest BCUT2D eigenvalue weighted by molar-refractivity contribution is 5.13. The molecule has 1 fully saturated rings. The van der Waals surface area contributed by atoms with Gasteiger partial charge in [-0.3, -0.25) is 4.98 Å². The van der Waals surface area contributed by atoms with Crippen LogP contribution in [0.2, 0.25) is 0 Å². The molecule has 1 saturated carbocycles. The Balaban J connectivity index is 2.08. The smallest absolute Gasteiger partial charge is 0.0437 e. The number of pyridine rings is 1. The molecule has 1 nitrogen and oxygen atoms in total. The minimum atomic E-state index is 0.625. The maximum absolute atomic E-state index is 4.37. The van der Waals surface area contributed by atoms with Gasteiger partial charge >= 0.3 is 0 Å². The molecule has 63 valence electrons. The first-order chi connectivity index (χ1) is 5.97. The van der Waals surface area contributed by atoms with Gasteiger partial charge in [0.25, 0.3) is 0 Å². The van der Waals surface area contributed by atoms with Crippen molar-refractivity contribution in [1.82, 2.24) is 4.98 Å². The average molecular weight is 160 g/mol. The van der Waals surface area contributed by atoms with Crippen LogP contribution in [-0.4, -0.2) is 4.98 Å². The van der Waals surface area contributed by atoms with Gasteiger partial charge in [0.1, 0.15) is 0 Å². The van der Waals surface area contributed by atoms with Crippen LogP contribution >= 0.6 is 0 Å². The van der Waals surface area contributed by atoms with E-state index in [2.05, 4.69) is 23.5 Å². The molecule has 0 spiro atoms. The van der Waals surface area contributed by atoms with E-state index >= 15 is 0 Å². The highest BCUT2D eigenvalue weighted by atomic mass is 14.7. The standard InChI is InChI=1S/C11H14N/c1-2-6-10(7-3-1)11-8-4-5-9-12-11/h4-6,8-10H,1-3,7H2/t10-/m1/s1. The van der Waals surface area contributed by atoms with E-state index in [0.717, 1.165) is 0 Å². The third-order valence-corrected chi connectivity index (χ3v) is 2.49. The molecule has 2 rings (SSSR count). The van der Waals surface area contributed by atoms with Crippen molar-refractivity contribution >= 4 is 0 Å². The van der Waals surface area contributed by atoms with Gasteiger partial charge in [0.05, 0.1) is 0 Å². The third kappa shape index (κ3) is 1.66. The lowest BCUT2D eigenvalue weighted by Crippen LogP contribution is -2.06. The van der Waals surface area contributed by atoms with Crippen LogP contribution in [0.5, 0.6) is 0 Å². The summed E-state index contributed by atoms with van der Waals surface area (Å²) in [5.41, 5.74) is 1.25. The van der Waals surface area contributed by atoms with E-state index < -0.39 is 0 Å². The van der Waals surface area contributed by atoms with Crippen LogP contribution in [0.25, 0.3) is 0 Å². The number of rotatable bonds is 1.